The number of carbonyl (C=O) groups excluding carboxylic acids is 1. The molecule has 172 valence electrons. The first kappa shape index (κ1) is 23.7. The fourth-order valence-corrected chi connectivity index (χ4v) is 4.96. The first-order valence-electron chi connectivity index (χ1n) is 10.4. The normalized spacial score (nSPS) is 45.5. The SMILES string of the molecule is CC1=C2C[C@](O)(C(C)(C)O)[C@H](O[C@@H]3O[C@H](CO)[C@@H](O)[C@H](O)[C@H]3O)C[C@@H](C)[C@H]2CC1=O. The van der Waals surface area contributed by atoms with E-state index in [0.29, 0.717) is 12.0 Å². The molecule has 1 saturated heterocycles. The number of rotatable bonds is 4. The van der Waals surface area contributed by atoms with Crippen molar-refractivity contribution in [2.45, 2.75) is 95.0 Å². The molecule has 3 rings (SSSR count). The molecule has 1 heterocycles. The Kier molecular flexibility index (Phi) is 6.50. The number of fused-ring (bicyclic) bond motifs is 1. The fraction of sp³-hybridized carbons (Fsp3) is 0.857. The van der Waals surface area contributed by atoms with Crippen LogP contribution in [0.4, 0.5) is 0 Å². The van der Waals surface area contributed by atoms with Crippen LogP contribution in [0, 0.1) is 11.8 Å². The second-order valence-corrected chi connectivity index (χ2v) is 9.58. The smallest absolute Gasteiger partial charge is 0.187 e. The van der Waals surface area contributed by atoms with E-state index in [1.165, 1.54) is 13.8 Å². The number of hydrogen-bond donors (Lipinski definition) is 6. The maximum absolute atomic E-state index is 12.3. The van der Waals surface area contributed by atoms with E-state index < -0.39 is 54.6 Å². The molecule has 1 aliphatic heterocycles. The molecule has 6 N–H and O–H groups in total. The summed E-state index contributed by atoms with van der Waals surface area (Å²) in [6, 6.07) is 0. The first-order valence-corrected chi connectivity index (χ1v) is 10.4. The van der Waals surface area contributed by atoms with Crippen molar-refractivity contribution >= 4 is 5.78 Å². The monoisotopic (exact) mass is 430 g/mol. The van der Waals surface area contributed by atoms with Crippen LogP contribution in [0.5, 0.6) is 0 Å². The first-order chi connectivity index (χ1) is 13.8. The van der Waals surface area contributed by atoms with Crippen molar-refractivity contribution < 1.29 is 44.9 Å². The van der Waals surface area contributed by atoms with Gasteiger partial charge in [-0.3, -0.25) is 4.79 Å². The van der Waals surface area contributed by atoms with Gasteiger partial charge in [-0.05, 0) is 44.6 Å². The Labute approximate surface area is 175 Å². The quantitative estimate of drug-likeness (QED) is 0.329. The second kappa shape index (κ2) is 8.22. The van der Waals surface area contributed by atoms with Gasteiger partial charge >= 0.3 is 0 Å². The van der Waals surface area contributed by atoms with Crippen molar-refractivity contribution in [3.63, 3.8) is 0 Å². The summed E-state index contributed by atoms with van der Waals surface area (Å²) in [5.74, 6) is -0.101. The van der Waals surface area contributed by atoms with Crippen LogP contribution in [0.15, 0.2) is 11.1 Å². The lowest BCUT2D eigenvalue weighted by Crippen LogP contribution is -2.64. The highest BCUT2D eigenvalue weighted by atomic mass is 16.7. The number of ketones is 1. The van der Waals surface area contributed by atoms with Gasteiger partial charge in [-0.1, -0.05) is 12.5 Å². The molecule has 0 unspecified atom stereocenters. The molecule has 9 atom stereocenters. The van der Waals surface area contributed by atoms with E-state index in [0.717, 1.165) is 5.57 Å². The maximum atomic E-state index is 12.3. The van der Waals surface area contributed by atoms with E-state index in [1.54, 1.807) is 6.92 Å². The molecule has 2 aliphatic carbocycles. The Morgan fingerprint density at radius 3 is 2.40 bits per heavy atom. The van der Waals surface area contributed by atoms with E-state index in [9.17, 15) is 35.4 Å². The average molecular weight is 430 g/mol. The number of carbonyl (C=O) groups is 1. The van der Waals surface area contributed by atoms with Gasteiger partial charge in [-0.25, -0.2) is 0 Å². The Balaban J connectivity index is 1.95. The summed E-state index contributed by atoms with van der Waals surface area (Å²) in [7, 11) is 0. The Morgan fingerprint density at radius 1 is 1.20 bits per heavy atom. The summed E-state index contributed by atoms with van der Waals surface area (Å²) >= 11 is 0. The Bertz CT molecular complexity index is 697. The third-order valence-corrected chi connectivity index (χ3v) is 7.22. The van der Waals surface area contributed by atoms with Crippen LogP contribution in [0.3, 0.4) is 0 Å². The highest BCUT2D eigenvalue weighted by Gasteiger charge is 2.56. The standard InChI is InChI=1S/C21H34O9/c1-9-5-15(30-19-18(26)17(25)16(24)14(8-22)29-19)21(28,20(3,4)27)7-12-10(2)13(23)6-11(9)12/h9,11,14-19,22,24-28H,5-8H2,1-4H3/t9-,11-,14-,15-,16-,17+,18-,19+,21-/m1/s1. The van der Waals surface area contributed by atoms with Crippen LogP contribution in [0.1, 0.15) is 47.0 Å². The third kappa shape index (κ3) is 3.86. The molecule has 0 bridgehead atoms. The van der Waals surface area contributed by atoms with Crippen molar-refractivity contribution in [2.24, 2.45) is 11.8 Å². The van der Waals surface area contributed by atoms with Gasteiger partial charge in [0.25, 0.3) is 0 Å². The highest BCUT2D eigenvalue weighted by Crippen LogP contribution is 2.49. The zero-order valence-corrected chi connectivity index (χ0v) is 17.9. The predicted molar refractivity (Wildman–Crippen MR) is 104 cm³/mol. The van der Waals surface area contributed by atoms with Gasteiger partial charge in [0.05, 0.1) is 18.3 Å². The van der Waals surface area contributed by atoms with Crippen LogP contribution in [-0.4, -0.2) is 91.0 Å². The van der Waals surface area contributed by atoms with Crippen LogP contribution < -0.4 is 0 Å². The number of hydrogen-bond acceptors (Lipinski definition) is 9. The lowest BCUT2D eigenvalue weighted by molar-refractivity contribution is -0.333. The summed E-state index contributed by atoms with van der Waals surface area (Å²) in [4.78, 5) is 12.3. The summed E-state index contributed by atoms with van der Waals surface area (Å²) in [6.45, 7) is 5.98. The molecule has 0 aromatic rings. The molecular weight excluding hydrogens is 396 g/mol. The lowest BCUT2D eigenvalue weighted by Gasteiger charge is -2.47. The van der Waals surface area contributed by atoms with Crippen molar-refractivity contribution in [2.75, 3.05) is 6.61 Å². The molecule has 30 heavy (non-hydrogen) atoms. The molecule has 9 nitrogen and oxygen atoms in total. The molecule has 0 spiro atoms. The molecule has 0 radical (unpaired) electrons. The highest BCUT2D eigenvalue weighted by molar-refractivity contribution is 5.98. The fourth-order valence-electron chi connectivity index (χ4n) is 4.96. The summed E-state index contributed by atoms with van der Waals surface area (Å²) < 4.78 is 11.4. The van der Waals surface area contributed by atoms with E-state index >= 15 is 0 Å². The predicted octanol–water partition coefficient (Wildman–Crippen LogP) is -0.991. The second-order valence-electron chi connectivity index (χ2n) is 9.58. The summed E-state index contributed by atoms with van der Waals surface area (Å²) in [5.41, 5.74) is -2.03. The molecule has 0 amide bonds. The van der Waals surface area contributed by atoms with Crippen molar-refractivity contribution in [1.29, 1.82) is 0 Å². The Morgan fingerprint density at radius 2 is 1.83 bits per heavy atom. The maximum Gasteiger partial charge on any atom is 0.187 e. The van der Waals surface area contributed by atoms with Crippen molar-refractivity contribution in [3.05, 3.63) is 11.1 Å². The molecule has 0 aromatic heterocycles. The zero-order chi connectivity index (χ0) is 22.6. The molecular formula is C21H34O9. The van der Waals surface area contributed by atoms with Gasteiger partial charge in [0.2, 0.25) is 0 Å². The van der Waals surface area contributed by atoms with Gasteiger partial charge in [0.15, 0.2) is 12.1 Å². The Hall–Kier alpha value is -0.910. The molecule has 0 aromatic carbocycles. The minimum absolute atomic E-state index is 0.0190. The largest absolute Gasteiger partial charge is 0.394 e. The minimum Gasteiger partial charge on any atom is -0.394 e. The third-order valence-electron chi connectivity index (χ3n) is 7.22. The van der Waals surface area contributed by atoms with Gasteiger partial charge in [0.1, 0.15) is 30.0 Å². The van der Waals surface area contributed by atoms with E-state index in [1.807, 2.05) is 6.92 Å². The van der Waals surface area contributed by atoms with E-state index in [2.05, 4.69) is 0 Å². The molecule has 1 saturated carbocycles. The number of Topliss-reactive ketones (excluding diaryl/α,β-unsaturated/α-hetero) is 1. The van der Waals surface area contributed by atoms with Crippen molar-refractivity contribution in [1.82, 2.24) is 0 Å². The number of ether oxygens (including phenoxy) is 2. The van der Waals surface area contributed by atoms with Crippen LogP contribution >= 0.6 is 0 Å². The molecule has 2 fully saturated rings. The van der Waals surface area contributed by atoms with E-state index in [-0.39, 0.29) is 30.5 Å². The van der Waals surface area contributed by atoms with Crippen molar-refractivity contribution in [3.8, 4) is 0 Å². The van der Waals surface area contributed by atoms with Gasteiger partial charge in [-0.15, -0.1) is 0 Å². The topological polar surface area (TPSA) is 157 Å². The zero-order valence-electron chi connectivity index (χ0n) is 17.9. The van der Waals surface area contributed by atoms with Crippen LogP contribution in [0.25, 0.3) is 0 Å². The van der Waals surface area contributed by atoms with Gasteiger partial charge in [0, 0.05) is 12.8 Å². The number of aliphatic hydroxyl groups is 6. The van der Waals surface area contributed by atoms with E-state index in [4.69, 9.17) is 9.47 Å². The summed E-state index contributed by atoms with van der Waals surface area (Å²) in [5, 5.41) is 62.3. The number of allylic oxidation sites excluding steroid dienone is 1. The van der Waals surface area contributed by atoms with Gasteiger partial charge in [-0.2, -0.15) is 0 Å². The van der Waals surface area contributed by atoms with Gasteiger partial charge < -0.3 is 40.1 Å². The molecule has 3 aliphatic rings. The minimum atomic E-state index is -1.81. The van der Waals surface area contributed by atoms with Crippen LogP contribution in [0.2, 0.25) is 0 Å². The van der Waals surface area contributed by atoms with Crippen LogP contribution in [-0.2, 0) is 14.3 Å². The number of aliphatic hydroxyl groups excluding tert-OH is 4. The average Bonchev–Trinajstić information content (AvgIpc) is 2.88. The lowest BCUT2D eigenvalue weighted by atomic mass is 9.76. The molecule has 9 heteroatoms. The summed E-state index contributed by atoms with van der Waals surface area (Å²) in [6.07, 6.45) is -7.70.